The maximum atomic E-state index is 13.1. The molecule has 2 aromatic carbocycles. The number of amides is 1. The molecule has 0 aromatic heterocycles. The fourth-order valence-corrected chi connectivity index (χ4v) is 3.49. The number of carbonyl (C=O) groups is 1. The smallest absolute Gasteiger partial charge is 0.230 e. The van der Waals surface area contributed by atoms with Crippen molar-refractivity contribution in [1.29, 1.82) is 0 Å². The van der Waals surface area contributed by atoms with Crippen molar-refractivity contribution in [3.05, 3.63) is 83.1 Å². The lowest BCUT2D eigenvalue weighted by Crippen LogP contribution is -2.35. The minimum absolute atomic E-state index is 0.0554. The Labute approximate surface area is 154 Å². The number of rotatable bonds is 6. The van der Waals surface area contributed by atoms with E-state index >= 15 is 0 Å². The average Bonchev–Trinajstić information content (AvgIpc) is 3.08. The Bertz CT molecular complexity index is 773. The molecule has 2 unspecified atom stereocenters. The second kappa shape index (κ2) is 8.17. The Morgan fingerprint density at radius 3 is 2.12 bits per heavy atom. The molecule has 1 aliphatic heterocycles. The number of nitrogens with two attached hydrogens (primary N) is 3. The van der Waals surface area contributed by atoms with Crippen molar-refractivity contribution in [2.75, 3.05) is 19.6 Å². The molecule has 0 bridgehead atoms. The second-order valence-electron chi connectivity index (χ2n) is 6.67. The molecule has 3 rings (SSSR count). The molecule has 1 aliphatic rings. The van der Waals surface area contributed by atoms with Crippen molar-refractivity contribution < 1.29 is 4.79 Å². The molecular formula is C21H26N4O. The molecule has 1 amide bonds. The molecule has 6 N–H and O–H groups in total. The van der Waals surface area contributed by atoms with Crippen LogP contribution in [-0.4, -0.2) is 30.4 Å². The Morgan fingerprint density at radius 2 is 1.54 bits per heavy atom. The van der Waals surface area contributed by atoms with Crippen LogP contribution >= 0.6 is 0 Å². The number of nitrogens with zero attached hydrogens (tertiary/aromatic N) is 1. The van der Waals surface area contributed by atoms with Gasteiger partial charge in [0.2, 0.25) is 5.91 Å². The zero-order chi connectivity index (χ0) is 18.5. The topological polar surface area (TPSA) is 98.4 Å². The summed E-state index contributed by atoms with van der Waals surface area (Å²) in [4.78, 5) is 14.9. The van der Waals surface area contributed by atoms with Gasteiger partial charge < -0.3 is 22.1 Å². The van der Waals surface area contributed by atoms with Crippen LogP contribution in [0.5, 0.6) is 0 Å². The predicted molar refractivity (Wildman–Crippen MR) is 104 cm³/mol. The maximum absolute atomic E-state index is 13.1. The molecule has 0 fully saturated rings. The van der Waals surface area contributed by atoms with Crippen molar-refractivity contribution >= 4 is 5.91 Å². The first-order valence-corrected chi connectivity index (χ1v) is 8.93. The van der Waals surface area contributed by atoms with Gasteiger partial charge in [-0.2, -0.15) is 0 Å². The van der Waals surface area contributed by atoms with Gasteiger partial charge in [0, 0.05) is 12.2 Å². The highest BCUT2D eigenvalue weighted by Gasteiger charge is 2.32. The number of carbonyl (C=O) groups excluding carboxylic acids is 1. The van der Waals surface area contributed by atoms with Gasteiger partial charge in [-0.05, 0) is 29.7 Å². The van der Waals surface area contributed by atoms with Crippen molar-refractivity contribution in [1.82, 2.24) is 4.90 Å². The van der Waals surface area contributed by atoms with E-state index in [4.69, 9.17) is 17.2 Å². The normalized spacial score (nSPS) is 16.6. The quantitative estimate of drug-likeness (QED) is 0.741. The number of hydrogen-bond acceptors (Lipinski definition) is 4. The fourth-order valence-electron chi connectivity index (χ4n) is 3.49. The molecule has 1 heterocycles. The van der Waals surface area contributed by atoms with Crippen LogP contribution in [0.1, 0.15) is 29.5 Å². The second-order valence-corrected chi connectivity index (χ2v) is 6.67. The highest BCUT2D eigenvalue weighted by Crippen LogP contribution is 2.29. The van der Waals surface area contributed by atoms with Crippen LogP contribution in [0.2, 0.25) is 0 Å². The molecule has 0 aliphatic carbocycles. The third-order valence-electron chi connectivity index (χ3n) is 4.94. The summed E-state index contributed by atoms with van der Waals surface area (Å²) in [6, 6.07) is 19.3. The Morgan fingerprint density at radius 1 is 0.962 bits per heavy atom. The van der Waals surface area contributed by atoms with Gasteiger partial charge >= 0.3 is 0 Å². The van der Waals surface area contributed by atoms with E-state index < -0.39 is 0 Å². The minimum atomic E-state index is -0.293. The molecule has 0 spiro atoms. The minimum Gasteiger partial charge on any atom is -0.401 e. The summed E-state index contributed by atoms with van der Waals surface area (Å²) in [5.74, 6) is -0.193. The van der Waals surface area contributed by atoms with Gasteiger partial charge in [-0.1, -0.05) is 60.7 Å². The van der Waals surface area contributed by atoms with Gasteiger partial charge in [0.1, 0.15) is 0 Å². The van der Waals surface area contributed by atoms with Gasteiger partial charge in [0.15, 0.2) is 0 Å². The van der Waals surface area contributed by atoms with Gasteiger partial charge in [-0.15, -0.1) is 0 Å². The lowest BCUT2D eigenvalue weighted by molar-refractivity contribution is -0.131. The molecule has 5 nitrogen and oxygen atoms in total. The molecule has 0 saturated carbocycles. The molecular weight excluding hydrogens is 324 g/mol. The monoisotopic (exact) mass is 350 g/mol. The molecule has 136 valence electrons. The van der Waals surface area contributed by atoms with Crippen molar-refractivity contribution in [2.24, 2.45) is 17.2 Å². The maximum Gasteiger partial charge on any atom is 0.230 e. The van der Waals surface area contributed by atoms with Gasteiger partial charge in [0.25, 0.3) is 0 Å². The van der Waals surface area contributed by atoms with Crippen LogP contribution in [-0.2, 0) is 4.79 Å². The van der Waals surface area contributed by atoms with Gasteiger partial charge in [-0.25, -0.2) is 0 Å². The summed E-state index contributed by atoms with van der Waals surface area (Å²) in [5, 5.41) is 0. The van der Waals surface area contributed by atoms with Gasteiger partial charge in [0.05, 0.1) is 18.5 Å². The average molecular weight is 350 g/mol. The highest BCUT2D eigenvalue weighted by molar-refractivity contribution is 5.84. The SMILES string of the molecule is NCCC(C(=O)N1CC(N)=C(C(N)c2ccccc2)C1)c1ccccc1. The molecule has 0 saturated heterocycles. The zero-order valence-corrected chi connectivity index (χ0v) is 14.8. The number of hydrogen-bond donors (Lipinski definition) is 3. The molecule has 2 atom stereocenters. The first kappa shape index (κ1) is 18.2. The summed E-state index contributed by atoms with van der Waals surface area (Å²) in [6.07, 6.45) is 0.610. The third-order valence-corrected chi connectivity index (χ3v) is 4.94. The summed E-state index contributed by atoms with van der Waals surface area (Å²) < 4.78 is 0. The van der Waals surface area contributed by atoms with E-state index in [1.54, 1.807) is 4.90 Å². The largest absolute Gasteiger partial charge is 0.401 e. The van der Waals surface area contributed by atoms with E-state index in [-0.39, 0.29) is 17.9 Å². The van der Waals surface area contributed by atoms with Crippen LogP contribution in [0.25, 0.3) is 0 Å². The summed E-state index contributed by atoms with van der Waals surface area (Å²) in [5.41, 5.74) is 22.0. The Kier molecular flexibility index (Phi) is 5.71. The standard InChI is InChI=1S/C21H26N4O/c22-12-11-17(15-7-3-1-4-8-15)21(26)25-13-18(19(23)14-25)20(24)16-9-5-2-6-10-16/h1-10,17,20H,11-14,22-24H2. The first-order valence-electron chi connectivity index (χ1n) is 8.93. The van der Waals surface area contributed by atoms with Crippen molar-refractivity contribution in [3.8, 4) is 0 Å². The van der Waals surface area contributed by atoms with E-state index in [2.05, 4.69) is 0 Å². The summed E-state index contributed by atoms with van der Waals surface area (Å²) >= 11 is 0. The molecule has 2 aromatic rings. The van der Waals surface area contributed by atoms with Crippen LogP contribution < -0.4 is 17.2 Å². The fraction of sp³-hybridized carbons (Fsp3) is 0.286. The van der Waals surface area contributed by atoms with Gasteiger partial charge in [-0.3, -0.25) is 4.79 Å². The number of benzene rings is 2. The van der Waals surface area contributed by atoms with E-state index in [0.29, 0.717) is 31.8 Å². The first-order chi connectivity index (χ1) is 12.6. The van der Waals surface area contributed by atoms with E-state index in [0.717, 1.165) is 16.7 Å². The van der Waals surface area contributed by atoms with Crippen molar-refractivity contribution in [2.45, 2.75) is 18.4 Å². The predicted octanol–water partition coefficient (Wildman–Crippen LogP) is 1.87. The lowest BCUT2D eigenvalue weighted by Gasteiger charge is -2.24. The zero-order valence-electron chi connectivity index (χ0n) is 14.8. The van der Waals surface area contributed by atoms with Crippen molar-refractivity contribution in [3.63, 3.8) is 0 Å². The summed E-state index contributed by atoms with van der Waals surface area (Å²) in [7, 11) is 0. The molecule has 0 radical (unpaired) electrons. The van der Waals surface area contributed by atoms with Crippen LogP contribution in [0.3, 0.4) is 0 Å². The Hall–Kier alpha value is -2.63. The molecule has 5 heteroatoms. The van der Waals surface area contributed by atoms with Crippen LogP contribution in [0.15, 0.2) is 71.9 Å². The molecule has 26 heavy (non-hydrogen) atoms. The van der Waals surface area contributed by atoms with E-state index in [1.165, 1.54) is 0 Å². The third kappa shape index (κ3) is 3.79. The van der Waals surface area contributed by atoms with E-state index in [9.17, 15) is 4.79 Å². The van der Waals surface area contributed by atoms with Crippen LogP contribution in [0, 0.1) is 0 Å². The lowest BCUT2D eigenvalue weighted by atomic mass is 9.94. The summed E-state index contributed by atoms with van der Waals surface area (Å²) in [6.45, 7) is 1.34. The Balaban J connectivity index is 1.76. The highest BCUT2D eigenvalue weighted by atomic mass is 16.2. The van der Waals surface area contributed by atoms with Crippen LogP contribution in [0.4, 0.5) is 0 Å². The van der Waals surface area contributed by atoms with E-state index in [1.807, 2.05) is 60.7 Å².